The predicted molar refractivity (Wildman–Crippen MR) is 123 cm³/mol. The molecule has 3 N–H and O–H groups in total. The third kappa shape index (κ3) is 7.15. The summed E-state index contributed by atoms with van der Waals surface area (Å²) < 4.78 is 5.60. The van der Waals surface area contributed by atoms with Gasteiger partial charge in [-0.2, -0.15) is 0 Å². The minimum Gasteiger partial charge on any atom is -0.493 e. The molecule has 30 heavy (non-hydrogen) atoms. The molecule has 0 fully saturated rings. The highest BCUT2D eigenvalue weighted by molar-refractivity contribution is 7.80. The van der Waals surface area contributed by atoms with E-state index in [0.29, 0.717) is 29.4 Å². The molecule has 160 valence electrons. The molecule has 0 bridgehead atoms. The van der Waals surface area contributed by atoms with E-state index in [2.05, 4.69) is 50.8 Å². The van der Waals surface area contributed by atoms with Gasteiger partial charge in [0, 0.05) is 11.1 Å². The van der Waals surface area contributed by atoms with Crippen LogP contribution in [0.3, 0.4) is 0 Å². The third-order valence-corrected chi connectivity index (χ3v) is 4.43. The summed E-state index contributed by atoms with van der Waals surface area (Å²) in [6.07, 6.45) is 0. The number of hydrogen-bond donors (Lipinski definition) is 3. The summed E-state index contributed by atoms with van der Waals surface area (Å²) in [4.78, 5) is 24.5. The Morgan fingerprint density at radius 1 is 0.900 bits per heavy atom. The molecule has 0 aromatic heterocycles. The lowest BCUT2D eigenvalue weighted by Crippen LogP contribution is -2.48. The van der Waals surface area contributed by atoms with Crippen molar-refractivity contribution < 1.29 is 14.3 Å². The van der Waals surface area contributed by atoms with Crippen molar-refractivity contribution in [2.45, 2.75) is 40.0 Å². The maximum Gasteiger partial charge on any atom is 0.269 e. The average Bonchev–Trinajstić information content (AvgIpc) is 2.70. The molecule has 0 aliphatic heterocycles. The Kier molecular flexibility index (Phi) is 7.94. The fraction of sp³-hybridized carbons (Fsp3) is 0.348. The zero-order valence-corrected chi connectivity index (χ0v) is 18.9. The maximum absolute atomic E-state index is 12.3. The SMILES string of the molecule is CC(C)COc1ccc(C(=O)NC(=S)NNC(=O)c2ccc(C(C)(C)C)cc2)cc1. The summed E-state index contributed by atoms with van der Waals surface area (Å²) in [5.74, 6) is 0.388. The van der Waals surface area contributed by atoms with Crippen LogP contribution in [-0.4, -0.2) is 23.5 Å². The summed E-state index contributed by atoms with van der Waals surface area (Å²) in [5, 5.41) is 2.53. The normalized spacial score (nSPS) is 11.0. The summed E-state index contributed by atoms with van der Waals surface area (Å²) in [5.41, 5.74) is 7.10. The highest BCUT2D eigenvalue weighted by Gasteiger charge is 2.14. The van der Waals surface area contributed by atoms with Crippen molar-refractivity contribution in [1.29, 1.82) is 0 Å². The van der Waals surface area contributed by atoms with Gasteiger partial charge in [-0.3, -0.25) is 25.8 Å². The van der Waals surface area contributed by atoms with Crippen molar-refractivity contribution in [3.63, 3.8) is 0 Å². The average molecular weight is 428 g/mol. The molecular weight excluding hydrogens is 398 g/mol. The number of nitrogens with one attached hydrogen (secondary N) is 3. The fourth-order valence-electron chi connectivity index (χ4n) is 2.48. The van der Waals surface area contributed by atoms with Crippen LogP contribution in [0.4, 0.5) is 0 Å². The van der Waals surface area contributed by atoms with E-state index < -0.39 is 0 Å². The van der Waals surface area contributed by atoms with E-state index in [-0.39, 0.29) is 22.3 Å². The molecule has 0 aliphatic rings. The lowest BCUT2D eigenvalue weighted by molar-refractivity contribution is 0.0934. The molecule has 2 aromatic rings. The molecule has 2 rings (SSSR count). The molecule has 0 radical (unpaired) electrons. The van der Waals surface area contributed by atoms with Crippen molar-refractivity contribution >= 4 is 29.1 Å². The van der Waals surface area contributed by atoms with Gasteiger partial charge >= 0.3 is 0 Å². The van der Waals surface area contributed by atoms with E-state index >= 15 is 0 Å². The smallest absolute Gasteiger partial charge is 0.269 e. The molecule has 0 saturated carbocycles. The van der Waals surface area contributed by atoms with Crippen LogP contribution in [0.25, 0.3) is 0 Å². The second-order valence-corrected chi connectivity index (χ2v) is 8.83. The van der Waals surface area contributed by atoms with Gasteiger partial charge in [0.15, 0.2) is 5.11 Å². The number of ether oxygens (including phenoxy) is 1. The minimum atomic E-state index is -0.383. The highest BCUT2D eigenvalue weighted by atomic mass is 32.1. The van der Waals surface area contributed by atoms with Crippen LogP contribution < -0.4 is 20.9 Å². The van der Waals surface area contributed by atoms with Crippen molar-refractivity contribution in [2.24, 2.45) is 5.92 Å². The quantitative estimate of drug-likeness (QED) is 0.497. The standard InChI is InChI=1S/C23H29N3O3S/c1-15(2)14-29-19-12-8-16(9-13-19)20(27)24-22(30)26-25-21(28)17-6-10-18(11-7-17)23(3,4)5/h6-13,15H,14H2,1-5H3,(H,25,28)(H2,24,26,27,30). The van der Waals surface area contributed by atoms with Crippen molar-refractivity contribution in [2.75, 3.05) is 6.61 Å². The largest absolute Gasteiger partial charge is 0.493 e. The monoisotopic (exact) mass is 427 g/mol. The van der Waals surface area contributed by atoms with Crippen LogP contribution in [0.1, 0.15) is 60.9 Å². The minimum absolute atomic E-state index is 0.000189. The molecule has 0 heterocycles. The van der Waals surface area contributed by atoms with Gasteiger partial charge in [-0.05, 0) is 65.5 Å². The Labute approximate surface area is 183 Å². The Bertz CT molecular complexity index is 885. The first-order valence-electron chi connectivity index (χ1n) is 9.81. The number of rotatable bonds is 5. The number of hydrogen-bond acceptors (Lipinski definition) is 4. The number of hydrazine groups is 1. The van der Waals surface area contributed by atoms with E-state index in [1.165, 1.54) is 0 Å². The van der Waals surface area contributed by atoms with Gasteiger partial charge in [-0.15, -0.1) is 0 Å². The number of benzene rings is 2. The van der Waals surface area contributed by atoms with Gasteiger partial charge in [0.25, 0.3) is 11.8 Å². The van der Waals surface area contributed by atoms with Crippen LogP contribution in [-0.2, 0) is 5.41 Å². The van der Waals surface area contributed by atoms with Crippen molar-refractivity contribution in [1.82, 2.24) is 16.2 Å². The van der Waals surface area contributed by atoms with Gasteiger partial charge in [-0.25, -0.2) is 0 Å². The molecule has 0 spiro atoms. The molecule has 0 aliphatic carbocycles. The first-order chi connectivity index (χ1) is 14.1. The van der Waals surface area contributed by atoms with Gasteiger partial charge in [0.05, 0.1) is 6.61 Å². The van der Waals surface area contributed by atoms with Crippen LogP contribution >= 0.6 is 12.2 Å². The van der Waals surface area contributed by atoms with Gasteiger partial charge in [0.2, 0.25) is 0 Å². The van der Waals surface area contributed by atoms with Crippen molar-refractivity contribution in [3.8, 4) is 5.75 Å². The van der Waals surface area contributed by atoms with Gasteiger partial charge in [-0.1, -0.05) is 46.8 Å². The first kappa shape index (κ1) is 23.3. The van der Waals surface area contributed by atoms with Crippen LogP contribution in [0, 0.1) is 5.92 Å². The second kappa shape index (κ2) is 10.2. The molecule has 6 nitrogen and oxygen atoms in total. The van der Waals surface area contributed by atoms with Crippen LogP contribution in [0.15, 0.2) is 48.5 Å². The topological polar surface area (TPSA) is 79.5 Å². The molecule has 0 saturated heterocycles. The van der Waals surface area contributed by atoms with Crippen molar-refractivity contribution in [3.05, 3.63) is 65.2 Å². The lowest BCUT2D eigenvalue weighted by Gasteiger charge is -2.19. The Morgan fingerprint density at radius 2 is 1.43 bits per heavy atom. The van der Waals surface area contributed by atoms with E-state index in [1.807, 2.05) is 12.1 Å². The maximum atomic E-state index is 12.3. The first-order valence-corrected chi connectivity index (χ1v) is 10.2. The zero-order chi connectivity index (χ0) is 22.3. The third-order valence-electron chi connectivity index (χ3n) is 4.23. The summed E-state index contributed by atoms with van der Waals surface area (Å²) in [6.45, 7) is 11.1. The van der Waals surface area contributed by atoms with Gasteiger partial charge in [0.1, 0.15) is 5.75 Å². The molecule has 0 unspecified atom stereocenters. The summed E-state index contributed by atoms with van der Waals surface area (Å²) >= 11 is 5.08. The number of thiocarbonyl (C=S) groups is 1. The summed E-state index contributed by atoms with van der Waals surface area (Å²) in [7, 11) is 0. The molecular formula is C23H29N3O3S. The lowest BCUT2D eigenvalue weighted by atomic mass is 9.87. The number of carbonyl (C=O) groups is 2. The van der Waals surface area contributed by atoms with E-state index in [9.17, 15) is 9.59 Å². The van der Waals surface area contributed by atoms with Gasteiger partial charge < -0.3 is 4.74 Å². The Hall–Kier alpha value is -2.93. The number of amides is 2. The molecule has 2 aromatic carbocycles. The molecule has 7 heteroatoms. The fourth-order valence-corrected chi connectivity index (χ4v) is 2.62. The van der Waals surface area contributed by atoms with E-state index in [4.69, 9.17) is 17.0 Å². The van der Waals surface area contributed by atoms with E-state index in [0.717, 1.165) is 5.56 Å². The highest BCUT2D eigenvalue weighted by Crippen LogP contribution is 2.22. The zero-order valence-electron chi connectivity index (χ0n) is 18.0. The Balaban J connectivity index is 1.83. The molecule has 0 atom stereocenters. The van der Waals surface area contributed by atoms with Crippen LogP contribution in [0.5, 0.6) is 5.75 Å². The molecule has 2 amide bonds. The second-order valence-electron chi connectivity index (χ2n) is 8.42. The number of carbonyl (C=O) groups excluding carboxylic acids is 2. The Morgan fingerprint density at radius 3 is 1.97 bits per heavy atom. The van der Waals surface area contributed by atoms with Crippen LogP contribution in [0.2, 0.25) is 0 Å². The summed E-state index contributed by atoms with van der Waals surface area (Å²) in [6, 6.07) is 14.1. The van der Waals surface area contributed by atoms with E-state index in [1.54, 1.807) is 36.4 Å². The predicted octanol–water partition coefficient (Wildman–Crippen LogP) is 3.97.